The summed E-state index contributed by atoms with van der Waals surface area (Å²) >= 11 is 0. The van der Waals surface area contributed by atoms with Gasteiger partial charge in [0.1, 0.15) is 0 Å². The molecule has 1 atom stereocenters. The van der Waals surface area contributed by atoms with Crippen LogP contribution in [-0.2, 0) is 0 Å². The summed E-state index contributed by atoms with van der Waals surface area (Å²) in [4.78, 5) is 14.9. The molecule has 1 fully saturated rings. The number of rotatable bonds is 3. The highest BCUT2D eigenvalue weighted by molar-refractivity contribution is 5.95. The van der Waals surface area contributed by atoms with E-state index in [1.165, 1.54) is 0 Å². The molecule has 0 radical (unpaired) electrons. The SMILES string of the molecule is Cc1c(C(=O)N2CCC[C@@H](n3cccn3)C2)cnn1-c1ccccc1. The molecule has 1 aromatic carbocycles. The summed E-state index contributed by atoms with van der Waals surface area (Å²) in [5.74, 6) is 0.0523. The standard InChI is InChI=1S/C19H21N5O/c1-15-18(13-21-24(15)16-7-3-2-4-8-16)19(25)22-11-5-9-17(14-22)23-12-6-10-20-23/h2-4,6-8,10,12-13,17H,5,9,11,14H2,1H3/t17-/m1/s1. The van der Waals surface area contributed by atoms with E-state index in [1.807, 2.05) is 63.8 Å². The van der Waals surface area contributed by atoms with E-state index in [0.29, 0.717) is 12.1 Å². The van der Waals surface area contributed by atoms with Gasteiger partial charge in [-0.05, 0) is 38.0 Å². The zero-order valence-corrected chi connectivity index (χ0v) is 14.2. The van der Waals surface area contributed by atoms with Crippen molar-refractivity contribution in [3.63, 3.8) is 0 Å². The van der Waals surface area contributed by atoms with Crippen LogP contribution in [0.2, 0.25) is 0 Å². The minimum atomic E-state index is 0.0523. The first-order valence-electron chi connectivity index (χ1n) is 8.62. The molecule has 3 heterocycles. The molecule has 1 aliphatic rings. The van der Waals surface area contributed by atoms with Gasteiger partial charge in [0.2, 0.25) is 0 Å². The van der Waals surface area contributed by atoms with E-state index in [4.69, 9.17) is 0 Å². The molecule has 0 aliphatic carbocycles. The van der Waals surface area contributed by atoms with Gasteiger partial charge in [-0.25, -0.2) is 4.68 Å². The number of benzene rings is 1. The molecule has 1 saturated heterocycles. The first kappa shape index (κ1) is 15.6. The zero-order valence-electron chi connectivity index (χ0n) is 14.2. The predicted octanol–water partition coefficient (Wildman–Crippen LogP) is 2.85. The Balaban J connectivity index is 1.56. The zero-order chi connectivity index (χ0) is 17.2. The minimum absolute atomic E-state index is 0.0523. The molecule has 6 nitrogen and oxygen atoms in total. The summed E-state index contributed by atoms with van der Waals surface area (Å²) in [7, 11) is 0. The molecule has 25 heavy (non-hydrogen) atoms. The highest BCUT2D eigenvalue weighted by Gasteiger charge is 2.27. The van der Waals surface area contributed by atoms with Crippen LogP contribution >= 0.6 is 0 Å². The van der Waals surface area contributed by atoms with Crippen molar-refractivity contribution in [1.82, 2.24) is 24.5 Å². The number of amides is 1. The lowest BCUT2D eigenvalue weighted by molar-refractivity contribution is 0.0672. The largest absolute Gasteiger partial charge is 0.336 e. The second kappa shape index (κ2) is 6.55. The van der Waals surface area contributed by atoms with Crippen molar-refractivity contribution in [3.8, 4) is 5.69 Å². The Hall–Kier alpha value is -2.89. The van der Waals surface area contributed by atoms with Gasteiger partial charge in [-0.1, -0.05) is 18.2 Å². The van der Waals surface area contributed by atoms with Crippen LogP contribution in [0, 0.1) is 6.92 Å². The summed E-state index contributed by atoms with van der Waals surface area (Å²) in [5.41, 5.74) is 2.51. The van der Waals surface area contributed by atoms with Crippen LogP contribution in [0.15, 0.2) is 55.0 Å². The number of nitrogens with zero attached hydrogens (tertiary/aromatic N) is 5. The van der Waals surface area contributed by atoms with Crippen molar-refractivity contribution in [3.05, 3.63) is 66.2 Å². The fourth-order valence-corrected chi connectivity index (χ4v) is 3.47. The van der Waals surface area contributed by atoms with Gasteiger partial charge in [0, 0.05) is 25.5 Å². The van der Waals surface area contributed by atoms with Gasteiger partial charge in [0.15, 0.2) is 0 Å². The van der Waals surface area contributed by atoms with E-state index in [0.717, 1.165) is 30.8 Å². The molecule has 4 rings (SSSR count). The van der Waals surface area contributed by atoms with Crippen molar-refractivity contribution < 1.29 is 4.79 Å². The Bertz CT molecular complexity index is 853. The third kappa shape index (κ3) is 2.95. The van der Waals surface area contributed by atoms with Gasteiger partial charge in [-0.2, -0.15) is 10.2 Å². The molecule has 6 heteroatoms. The van der Waals surface area contributed by atoms with Gasteiger partial charge >= 0.3 is 0 Å². The lowest BCUT2D eigenvalue weighted by Crippen LogP contribution is -2.41. The van der Waals surface area contributed by atoms with Gasteiger partial charge in [0.25, 0.3) is 5.91 Å². The van der Waals surface area contributed by atoms with Crippen LogP contribution in [-0.4, -0.2) is 43.5 Å². The second-order valence-electron chi connectivity index (χ2n) is 6.42. The van der Waals surface area contributed by atoms with E-state index >= 15 is 0 Å². The molecule has 3 aromatic rings. The molecule has 0 spiro atoms. The first-order valence-corrected chi connectivity index (χ1v) is 8.62. The Morgan fingerprint density at radius 2 is 2.00 bits per heavy atom. The van der Waals surface area contributed by atoms with Crippen molar-refractivity contribution in [2.45, 2.75) is 25.8 Å². The number of hydrogen-bond acceptors (Lipinski definition) is 3. The summed E-state index contributed by atoms with van der Waals surface area (Å²) in [6.45, 7) is 3.42. The van der Waals surface area contributed by atoms with Gasteiger partial charge in [-0.3, -0.25) is 9.48 Å². The topological polar surface area (TPSA) is 56.0 Å². The average molecular weight is 335 g/mol. The van der Waals surface area contributed by atoms with Crippen LogP contribution in [0.3, 0.4) is 0 Å². The second-order valence-corrected chi connectivity index (χ2v) is 6.42. The van der Waals surface area contributed by atoms with Crippen molar-refractivity contribution >= 4 is 5.91 Å². The minimum Gasteiger partial charge on any atom is -0.336 e. The molecule has 0 bridgehead atoms. The molecule has 1 amide bonds. The van der Waals surface area contributed by atoms with E-state index in [9.17, 15) is 4.79 Å². The van der Waals surface area contributed by atoms with Gasteiger partial charge in [0.05, 0.1) is 29.2 Å². The van der Waals surface area contributed by atoms with E-state index in [-0.39, 0.29) is 11.9 Å². The van der Waals surface area contributed by atoms with Crippen LogP contribution in [0.25, 0.3) is 5.69 Å². The monoisotopic (exact) mass is 335 g/mol. The van der Waals surface area contributed by atoms with Gasteiger partial charge in [-0.15, -0.1) is 0 Å². The predicted molar refractivity (Wildman–Crippen MR) is 94.7 cm³/mol. The van der Waals surface area contributed by atoms with Gasteiger partial charge < -0.3 is 4.90 Å². The van der Waals surface area contributed by atoms with Crippen LogP contribution in [0.1, 0.15) is 34.9 Å². The van der Waals surface area contributed by atoms with Crippen LogP contribution in [0.4, 0.5) is 0 Å². The maximum absolute atomic E-state index is 13.0. The third-order valence-electron chi connectivity index (χ3n) is 4.82. The highest BCUT2D eigenvalue weighted by Crippen LogP contribution is 2.23. The number of carbonyl (C=O) groups excluding carboxylic acids is 1. The molecule has 0 unspecified atom stereocenters. The summed E-state index contributed by atoms with van der Waals surface area (Å²) in [6.07, 6.45) is 7.48. The van der Waals surface area contributed by atoms with Crippen LogP contribution in [0.5, 0.6) is 0 Å². The van der Waals surface area contributed by atoms with Crippen molar-refractivity contribution in [1.29, 1.82) is 0 Å². The van der Waals surface area contributed by atoms with E-state index < -0.39 is 0 Å². The number of aromatic nitrogens is 4. The molecule has 0 saturated carbocycles. The normalized spacial score (nSPS) is 17.6. The molecular weight excluding hydrogens is 314 g/mol. The van der Waals surface area contributed by atoms with E-state index in [2.05, 4.69) is 10.2 Å². The molecule has 128 valence electrons. The number of piperidine rings is 1. The van der Waals surface area contributed by atoms with E-state index in [1.54, 1.807) is 12.4 Å². The fraction of sp³-hybridized carbons (Fsp3) is 0.316. The van der Waals surface area contributed by atoms with Crippen molar-refractivity contribution in [2.75, 3.05) is 13.1 Å². The highest BCUT2D eigenvalue weighted by atomic mass is 16.2. The number of likely N-dealkylation sites (tertiary alicyclic amines) is 1. The number of para-hydroxylation sites is 1. The molecule has 1 aliphatic heterocycles. The summed E-state index contributed by atoms with van der Waals surface area (Å²) in [6, 6.07) is 12.1. The molecular formula is C19H21N5O. The average Bonchev–Trinajstić information content (AvgIpc) is 3.32. The fourth-order valence-electron chi connectivity index (χ4n) is 3.47. The van der Waals surface area contributed by atoms with Crippen molar-refractivity contribution in [2.24, 2.45) is 0 Å². The number of hydrogen-bond donors (Lipinski definition) is 0. The lowest BCUT2D eigenvalue weighted by Gasteiger charge is -2.32. The molecule has 0 N–H and O–H groups in total. The Morgan fingerprint density at radius 3 is 2.76 bits per heavy atom. The van der Waals surface area contributed by atoms with Crippen LogP contribution < -0.4 is 0 Å². The Kier molecular flexibility index (Phi) is 4.09. The first-order chi connectivity index (χ1) is 12.2. The smallest absolute Gasteiger partial charge is 0.257 e. The lowest BCUT2D eigenvalue weighted by atomic mass is 10.0. The third-order valence-corrected chi connectivity index (χ3v) is 4.82. The Labute approximate surface area is 146 Å². The quantitative estimate of drug-likeness (QED) is 0.739. The maximum atomic E-state index is 13.0. The summed E-state index contributed by atoms with van der Waals surface area (Å²) in [5, 5.41) is 8.75. The summed E-state index contributed by atoms with van der Waals surface area (Å²) < 4.78 is 3.78. The molecule has 2 aromatic heterocycles. The number of carbonyl (C=O) groups is 1. The Morgan fingerprint density at radius 1 is 1.16 bits per heavy atom. The maximum Gasteiger partial charge on any atom is 0.257 e.